The molecule has 2 N–H and O–H groups in total. The minimum Gasteiger partial charge on any atom is -0.353 e. The van der Waals surface area contributed by atoms with Crippen molar-refractivity contribution in [2.24, 2.45) is 4.99 Å². The van der Waals surface area contributed by atoms with E-state index in [1.165, 1.54) is 6.07 Å². The minimum atomic E-state index is -0.126. The standard InChI is InChI=1S/C18H23FN4S.HI/c1-11(2)16-10-24-17(22-16)9-21-18(20-3)23-15-8-13(15)12-6-4-5-7-14(12)19;/h4-7,10-11,13,15H,8-9H2,1-3H3,(H2,20,21,23);1H. The summed E-state index contributed by atoms with van der Waals surface area (Å²) in [4.78, 5) is 8.86. The van der Waals surface area contributed by atoms with Gasteiger partial charge in [0.2, 0.25) is 0 Å². The Labute approximate surface area is 169 Å². The van der Waals surface area contributed by atoms with Gasteiger partial charge in [0.25, 0.3) is 0 Å². The lowest BCUT2D eigenvalue weighted by atomic mass is 10.1. The van der Waals surface area contributed by atoms with Crippen LogP contribution in [0.25, 0.3) is 0 Å². The molecule has 1 aliphatic carbocycles. The van der Waals surface area contributed by atoms with Crippen LogP contribution in [-0.4, -0.2) is 24.0 Å². The van der Waals surface area contributed by atoms with Gasteiger partial charge >= 0.3 is 0 Å². The molecule has 1 fully saturated rings. The quantitative estimate of drug-likeness (QED) is 0.387. The van der Waals surface area contributed by atoms with Gasteiger partial charge in [0, 0.05) is 24.4 Å². The molecular formula is C18H24FIN4S. The van der Waals surface area contributed by atoms with Gasteiger partial charge in [0.05, 0.1) is 12.2 Å². The van der Waals surface area contributed by atoms with Crippen LogP contribution in [0.1, 0.15) is 48.4 Å². The molecule has 2 unspecified atom stereocenters. The first-order valence-electron chi connectivity index (χ1n) is 8.24. The molecule has 136 valence electrons. The first kappa shape index (κ1) is 20.1. The van der Waals surface area contributed by atoms with Crippen molar-refractivity contribution in [3.8, 4) is 0 Å². The van der Waals surface area contributed by atoms with Crippen LogP contribution in [0.5, 0.6) is 0 Å². The number of thiazole rings is 1. The molecule has 1 saturated carbocycles. The fraction of sp³-hybridized carbons (Fsp3) is 0.444. The van der Waals surface area contributed by atoms with Crippen LogP contribution in [0.15, 0.2) is 34.6 Å². The maximum absolute atomic E-state index is 13.8. The zero-order chi connectivity index (χ0) is 17.1. The third-order valence-electron chi connectivity index (χ3n) is 4.21. The molecule has 0 spiro atoms. The van der Waals surface area contributed by atoms with E-state index in [4.69, 9.17) is 0 Å². The molecule has 0 bridgehead atoms. The lowest BCUT2D eigenvalue weighted by Crippen LogP contribution is -2.38. The summed E-state index contributed by atoms with van der Waals surface area (Å²) in [5.74, 6) is 1.27. The fourth-order valence-corrected chi connectivity index (χ4v) is 3.57. The molecule has 7 heteroatoms. The lowest BCUT2D eigenvalue weighted by Gasteiger charge is -2.11. The van der Waals surface area contributed by atoms with Crippen molar-refractivity contribution in [1.29, 1.82) is 0 Å². The summed E-state index contributed by atoms with van der Waals surface area (Å²) in [7, 11) is 1.75. The number of benzene rings is 1. The summed E-state index contributed by atoms with van der Waals surface area (Å²) in [6.07, 6.45) is 0.927. The molecule has 0 amide bonds. The first-order chi connectivity index (χ1) is 11.6. The largest absolute Gasteiger partial charge is 0.353 e. The normalized spacial score (nSPS) is 19.5. The van der Waals surface area contributed by atoms with Crippen LogP contribution >= 0.6 is 35.3 Å². The molecule has 0 aliphatic heterocycles. The zero-order valence-electron chi connectivity index (χ0n) is 14.6. The van der Waals surface area contributed by atoms with E-state index in [1.54, 1.807) is 24.5 Å². The van der Waals surface area contributed by atoms with Gasteiger partial charge in [0.15, 0.2) is 5.96 Å². The fourth-order valence-electron chi connectivity index (χ4n) is 2.68. The second-order valence-electron chi connectivity index (χ2n) is 6.36. The SMILES string of the molecule is CN=C(NCc1nc(C(C)C)cs1)NC1CC1c1ccccc1F.I. The molecule has 0 radical (unpaired) electrons. The van der Waals surface area contributed by atoms with E-state index >= 15 is 0 Å². The summed E-state index contributed by atoms with van der Waals surface area (Å²) in [6.45, 7) is 4.93. The van der Waals surface area contributed by atoms with E-state index < -0.39 is 0 Å². The Bertz CT molecular complexity index is 731. The van der Waals surface area contributed by atoms with Crippen LogP contribution < -0.4 is 10.6 Å². The maximum atomic E-state index is 13.8. The van der Waals surface area contributed by atoms with Crippen molar-refractivity contribution < 1.29 is 4.39 Å². The third-order valence-corrected chi connectivity index (χ3v) is 5.08. The highest BCUT2D eigenvalue weighted by Crippen LogP contribution is 2.41. The van der Waals surface area contributed by atoms with Crippen LogP contribution in [0.4, 0.5) is 4.39 Å². The first-order valence-corrected chi connectivity index (χ1v) is 9.12. The molecule has 2 aromatic rings. The number of aromatic nitrogens is 1. The van der Waals surface area contributed by atoms with E-state index in [9.17, 15) is 4.39 Å². The Kier molecular flexibility index (Phi) is 7.18. The van der Waals surface area contributed by atoms with Crippen LogP contribution in [0, 0.1) is 5.82 Å². The number of halogens is 2. The number of hydrogen-bond acceptors (Lipinski definition) is 3. The highest BCUT2D eigenvalue weighted by molar-refractivity contribution is 14.0. The van der Waals surface area contributed by atoms with Gasteiger partial charge in [-0.3, -0.25) is 4.99 Å². The summed E-state index contributed by atoms with van der Waals surface area (Å²) in [5.41, 5.74) is 1.91. The highest BCUT2D eigenvalue weighted by atomic mass is 127. The van der Waals surface area contributed by atoms with Crippen molar-refractivity contribution in [1.82, 2.24) is 15.6 Å². The molecule has 2 atom stereocenters. The number of guanidine groups is 1. The number of rotatable bonds is 5. The van der Waals surface area contributed by atoms with Gasteiger partial charge in [0.1, 0.15) is 10.8 Å². The summed E-state index contributed by atoms with van der Waals surface area (Å²) >= 11 is 1.66. The predicted molar refractivity (Wildman–Crippen MR) is 112 cm³/mol. The number of nitrogens with one attached hydrogen (secondary N) is 2. The van der Waals surface area contributed by atoms with Gasteiger partial charge in [-0.05, 0) is 24.0 Å². The zero-order valence-corrected chi connectivity index (χ0v) is 17.8. The monoisotopic (exact) mass is 474 g/mol. The number of hydrogen-bond donors (Lipinski definition) is 2. The van der Waals surface area contributed by atoms with E-state index in [1.807, 2.05) is 12.1 Å². The Morgan fingerprint density at radius 3 is 2.80 bits per heavy atom. The Morgan fingerprint density at radius 1 is 1.40 bits per heavy atom. The van der Waals surface area contributed by atoms with Gasteiger partial charge in [-0.1, -0.05) is 32.0 Å². The lowest BCUT2D eigenvalue weighted by molar-refractivity contribution is 0.607. The van der Waals surface area contributed by atoms with Gasteiger partial charge in [-0.15, -0.1) is 35.3 Å². The molecule has 1 aliphatic rings. The van der Waals surface area contributed by atoms with Gasteiger partial charge in [-0.2, -0.15) is 0 Å². The van der Waals surface area contributed by atoms with Crippen molar-refractivity contribution >= 4 is 41.3 Å². The molecule has 1 aromatic heterocycles. The summed E-state index contributed by atoms with van der Waals surface area (Å²) < 4.78 is 13.8. The average molecular weight is 474 g/mol. The van der Waals surface area contributed by atoms with Gasteiger partial charge in [-0.25, -0.2) is 9.37 Å². The smallest absolute Gasteiger partial charge is 0.191 e. The highest BCUT2D eigenvalue weighted by Gasteiger charge is 2.40. The van der Waals surface area contributed by atoms with E-state index in [0.29, 0.717) is 12.5 Å². The van der Waals surface area contributed by atoms with Crippen LogP contribution in [0.3, 0.4) is 0 Å². The second-order valence-corrected chi connectivity index (χ2v) is 7.30. The average Bonchev–Trinajstić information content (AvgIpc) is 3.15. The molecule has 1 aromatic carbocycles. The molecule has 0 saturated heterocycles. The van der Waals surface area contributed by atoms with Crippen LogP contribution in [0.2, 0.25) is 0 Å². The topological polar surface area (TPSA) is 49.3 Å². The number of aliphatic imine (C=N–C) groups is 1. The van der Waals surface area contributed by atoms with Crippen molar-refractivity contribution in [2.45, 2.75) is 44.7 Å². The number of nitrogens with zero attached hydrogens (tertiary/aromatic N) is 2. The summed E-state index contributed by atoms with van der Waals surface area (Å²) in [6, 6.07) is 7.22. The van der Waals surface area contributed by atoms with E-state index in [2.05, 4.69) is 39.8 Å². The third kappa shape index (κ3) is 5.13. The molecular weight excluding hydrogens is 450 g/mol. The Morgan fingerprint density at radius 2 is 2.16 bits per heavy atom. The minimum absolute atomic E-state index is 0. The molecule has 1 heterocycles. The van der Waals surface area contributed by atoms with Crippen molar-refractivity contribution in [2.75, 3.05) is 7.05 Å². The van der Waals surface area contributed by atoms with E-state index in [-0.39, 0.29) is 41.8 Å². The Hall–Kier alpha value is -1.22. The predicted octanol–water partition coefficient (Wildman–Crippen LogP) is 4.24. The molecule has 25 heavy (non-hydrogen) atoms. The molecule has 4 nitrogen and oxygen atoms in total. The summed E-state index contributed by atoms with van der Waals surface area (Å²) in [5, 5.41) is 9.80. The molecule has 3 rings (SSSR count). The van der Waals surface area contributed by atoms with E-state index in [0.717, 1.165) is 28.6 Å². The van der Waals surface area contributed by atoms with Crippen LogP contribution in [-0.2, 0) is 6.54 Å². The van der Waals surface area contributed by atoms with Gasteiger partial charge < -0.3 is 10.6 Å². The maximum Gasteiger partial charge on any atom is 0.191 e. The van der Waals surface area contributed by atoms with Crippen molar-refractivity contribution in [3.63, 3.8) is 0 Å². The van der Waals surface area contributed by atoms with Crippen molar-refractivity contribution in [3.05, 3.63) is 51.7 Å². The second kappa shape index (κ2) is 8.93. The Balaban J connectivity index is 0.00000225.